The number of aliphatic hydroxyl groups is 1. The number of aromatic nitrogens is 1. The van der Waals surface area contributed by atoms with Gasteiger partial charge in [-0.05, 0) is 56.4 Å². The number of likely N-dealkylation sites (N-methyl/N-ethyl adjacent to an activating group) is 1. The van der Waals surface area contributed by atoms with Crippen molar-refractivity contribution in [2.24, 2.45) is 5.92 Å². The summed E-state index contributed by atoms with van der Waals surface area (Å²) in [5, 5.41) is 11.5. The van der Waals surface area contributed by atoms with Crippen molar-refractivity contribution in [3.8, 4) is 0 Å². The van der Waals surface area contributed by atoms with Crippen LogP contribution >= 0.6 is 0 Å². The van der Waals surface area contributed by atoms with Crippen molar-refractivity contribution in [3.63, 3.8) is 0 Å². The molecule has 1 fully saturated rings. The summed E-state index contributed by atoms with van der Waals surface area (Å²) < 4.78 is 0. The Kier molecular flexibility index (Phi) is 7.40. The van der Waals surface area contributed by atoms with Gasteiger partial charge in [-0.25, -0.2) is 0 Å². The highest BCUT2D eigenvalue weighted by Gasteiger charge is 2.23. The number of para-hydroxylation sites is 1. The van der Waals surface area contributed by atoms with E-state index in [1.54, 1.807) is 0 Å². The van der Waals surface area contributed by atoms with Crippen LogP contribution in [0, 0.1) is 5.92 Å². The van der Waals surface area contributed by atoms with Gasteiger partial charge in [-0.2, -0.15) is 0 Å². The van der Waals surface area contributed by atoms with E-state index in [0.717, 1.165) is 60.9 Å². The minimum absolute atomic E-state index is 0.176. The monoisotopic (exact) mass is 433 g/mol. The quantitative estimate of drug-likeness (QED) is 0.494. The molecular formula is C27H35N3O2. The van der Waals surface area contributed by atoms with E-state index in [2.05, 4.69) is 34.8 Å². The molecule has 5 heteroatoms. The number of H-pyrrole nitrogens is 1. The van der Waals surface area contributed by atoms with Crippen LogP contribution in [-0.4, -0.2) is 65.4 Å². The van der Waals surface area contributed by atoms with E-state index in [9.17, 15) is 9.90 Å². The Morgan fingerprint density at radius 3 is 2.62 bits per heavy atom. The van der Waals surface area contributed by atoms with Gasteiger partial charge >= 0.3 is 0 Å². The Hall–Kier alpha value is -2.47. The number of aryl methyl sites for hydroxylation is 1. The average molecular weight is 434 g/mol. The Morgan fingerprint density at radius 2 is 1.91 bits per heavy atom. The average Bonchev–Trinajstić information content (AvgIpc) is 3.25. The van der Waals surface area contributed by atoms with Crippen molar-refractivity contribution >= 4 is 16.7 Å². The van der Waals surface area contributed by atoms with Gasteiger partial charge in [0.05, 0.1) is 12.6 Å². The Balaban J connectivity index is 1.26. The lowest BCUT2D eigenvalue weighted by Gasteiger charge is -2.34. The third-order valence-corrected chi connectivity index (χ3v) is 6.79. The molecule has 170 valence electrons. The molecule has 5 nitrogen and oxygen atoms in total. The van der Waals surface area contributed by atoms with E-state index in [1.165, 1.54) is 5.56 Å². The van der Waals surface area contributed by atoms with Crippen LogP contribution < -0.4 is 0 Å². The largest absolute Gasteiger partial charge is 0.387 e. The van der Waals surface area contributed by atoms with Crippen LogP contribution in [0.1, 0.15) is 47.4 Å². The molecular weight excluding hydrogens is 398 g/mol. The molecule has 3 aromatic rings. The lowest BCUT2D eigenvalue weighted by molar-refractivity contribution is 0.0795. The van der Waals surface area contributed by atoms with E-state index in [1.807, 2.05) is 48.7 Å². The van der Waals surface area contributed by atoms with Gasteiger partial charge in [0, 0.05) is 35.8 Å². The maximum Gasteiger partial charge on any atom is 0.178 e. The first kappa shape index (κ1) is 22.7. The van der Waals surface area contributed by atoms with E-state index in [4.69, 9.17) is 0 Å². The van der Waals surface area contributed by atoms with Gasteiger partial charge in [0.25, 0.3) is 0 Å². The van der Waals surface area contributed by atoms with Crippen LogP contribution in [0.15, 0.2) is 54.7 Å². The van der Waals surface area contributed by atoms with Crippen molar-refractivity contribution in [1.29, 1.82) is 0 Å². The highest BCUT2D eigenvalue weighted by molar-refractivity contribution is 6.09. The maximum absolute atomic E-state index is 13.0. The summed E-state index contributed by atoms with van der Waals surface area (Å²) in [6, 6.07) is 16.1. The van der Waals surface area contributed by atoms with Gasteiger partial charge in [0.15, 0.2) is 5.78 Å². The number of aromatic amines is 1. The molecule has 0 amide bonds. The SMILES string of the molecule is CCc1cccc2c(C(=O)CN(C)CC3CCN(CC(O)c4ccccc4)CC3)c[nH]c12. The number of hydrogen-bond donors (Lipinski definition) is 2. The highest BCUT2D eigenvalue weighted by atomic mass is 16.3. The van der Waals surface area contributed by atoms with Crippen molar-refractivity contribution in [2.45, 2.75) is 32.3 Å². The molecule has 0 saturated carbocycles. The fourth-order valence-corrected chi connectivity index (χ4v) is 4.95. The summed E-state index contributed by atoms with van der Waals surface area (Å²) in [4.78, 5) is 20.8. The van der Waals surface area contributed by atoms with Crippen LogP contribution in [0.3, 0.4) is 0 Å². The molecule has 1 aliphatic heterocycles. The summed E-state index contributed by atoms with van der Waals surface area (Å²) in [5.74, 6) is 0.767. The summed E-state index contributed by atoms with van der Waals surface area (Å²) in [7, 11) is 2.05. The second kappa shape index (κ2) is 10.4. The van der Waals surface area contributed by atoms with Crippen molar-refractivity contribution < 1.29 is 9.90 Å². The smallest absolute Gasteiger partial charge is 0.178 e. The van der Waals surface area contributed by atoms with Crippen LogP contribution in [0.4, 0.5) is 0 Å². The number of Topliss-reactive ketones (excluding diaryl/α,β-unsaturated/α-hetero) is 1. The number of aliphatic hydroxyl groups excluding tert-OH is 1. The summed E-state index contributed by atoms with van der Waals surface area (Å²) in [6.45, 7) is 6.20. The Morgan fingerprint density at radius 1 is 1.16 bits per heavy atom. The lowest BCUT2D eigenvalue weighted by Crippen LogP contribution is -2.40. The number of ketones is 1. The lowest BCUT2D eigenvalue weighted by atomic mass is 9.95. The van der Waals surface area contributed by atoms with Gasteiger partial charge < -0.3 is 15.0 Å². The fourth-order valence-electron chi connectivity index (χ4n) is 4.95. The molecule has 1 unspecified atom stereocenters. The molecule has 2 heterocycles. The van der Waals surface area contributed by atoms with E-state index in [0.29, 0.717) is 19.0 Å². The molecule has 0 radical (unpaired) electrons. The topological polar surface area (TPSA) is 59.6 Å². The number of fused-ring (bicyclic) bond motifs is 1. The number of nitrogens with zero attached hydrogens (tertiary/aromatic N) is 2. The molecule has 4 rings (SSSR count). The van der Waals surface area contributed by atoms with E-state index < -0.39 is 6.10 Å². The summed E-state index contributed by atoms with van der Waals surface area (Å²) >= 11 is 0. The molecule has 0 bridgehead atoms. The molecule has 0 spiro atoms. The number of carbonyl (C=O) groups excluding carboxylic acids is 1. The predicted molar refractivity (Wildman–Crippen MR) is 130 cm³/mol. The standard InChI is InChI=1S/C27H35N3O2/c1-3-21-10-7-11-23-24(16-28-27(21)23)26(32)18-29(2)17-20-12-14-30(15-13-20)19-25(31)22-8-5-4-6-9-22/h4-11,16,20,25,28,31H,3,12-15,17-19H2,1-2H3. The van der Waals surface area contributed by atoms with Crippen molar-refractivity contribution in [2.75, 3.05) is 39.8 Å². The molecule has 1 atom stereocenters. The van der Waals surface area contributed by atoms with Gasteiger partial charge in [-0.15, -0.1) is 0 Å². The molecule has 2 aromatic carbocycles. The highest BCUT2D eigenvalue weighted by Crippen LogP contribution is 2.24. The van der Waals surface area contributed by atoms with Gasteiger partial charge in [-0.3, -0.25) is 9.69 Å². The van der Waals surface area contributed by atoms with Crippen molar-refractivity contribution in [1.82, 2.24) is 14.8 Å². The molecule has 2 N–H and O–H groups in total. The van der Waals surface area contributed by atoms with Crippen LogP contribution in [-0.2, 0) is 6.42 Å². The van der Waals surface area contributed by atoms with Gasteiger partial charge in [0.2, 0.25) is 0 Å². The van der Waals surface area contributed by atoms with E-state index in [-0.39, 0.29) is 5.78 Å². The van der Waals surface area contributed by atoms with Crippen LogP contribution in [0.2, 0.25) is 0 Å². The van der Waals surface area contributed by atoms with E-state index >= 15 is 0 Å². The minimum atomic E-state index is -0.433. The predicted octanol–water partition coefficient (Wildman–Crippen LogP) is 4.29. The zero-order valence-corrected chi connectivity index (χ0v) is 19.3. The third kappa shape index (κ3) is 5.29. The first-order chi connectivity index (χ1) is 15.5. The number of carbonyl (C=O) groups is 1. The molecule has 0 aliphatic carbocycles. The molecule has 1 aliphatic rings. The second-order valence-electron chi connectivity index (χ2n) is 9.19. The number of rotatable bonds is 9. The van der Waals surface area contributed by atoms with Crippen molar-refractivity contribution in [3.05, 3.63) is 71.4 Å². The first-order valence-corrected chi connectivity index (χ1v) is 11.8. The van der Waals surface area contributed by atoms with Gasteiger partial charge in [0.1, 0.15) is 0 Å². The number of likely N-dealkylation sites (tertiary alicyclic amines) is 1. The van der Waals surface area contributed by atoms with Crippen LogP contribution in [0.5, 0.6) is 0 Å². The zero-order chi connectivity index (χ0) is 22.5. The van der Waals surface area contributed by atoms with Gasteiger partial charge in [-0.1, -0.05) is 55.5 Å². The number of benzene rings is 2. The number of hydrogen-bond acceptors (Lipinski definition) is 4. The fraction of sp³-hybridized carbons (Fsp3) is 0.444. The molecule has 1 saturated heterocycles. The van der Waals surface area contributed by atoms with Crippen LogP contribution in [0.25, 0.3) is 10.9 Å². The minimum Gasteiger partial charge on any atom is -0.387 e. The second-order valence-corrected chi connectivity index (χ2v) is 9.19. The Bertz CT molecular complexity index is 1020. The normalized spacial score (nSPS) is 16.6. The molecule has 32 heavy (non-hydrogen) atoms. The maximum atomic E-state index is 13.0. The number of β-amino-alcohol motifs (C(OH)–C–C–N with tert-alkyl or cyclic N) is 1. The summed E-state index contributed by atoms with van der Waals surface area (Å²) in [5.41, 5.74) is 4.12. The molecule has 1 aromatic heterocycles. The summed E-state index contributed by atoms with van der Waals surface area (Å²) in [6.07, 6.45) is 4.60. The zero-order valence-electron chi connectivity index (χ0n) is 19.3. The number of piperidine rings is 1. The number of nitrogens with one attached hydrogen (secondary N) is 1. The third-order valence-electron chi connectivity index (χ3n) is 6.79. The Labute approximate surface area is 191 Å². The first-order valence-electron chi connectivity index (χ1n) is 11.8.